The molecule has 144 valence electrons. The molecule has 0 aromatic heterocycles. The largest absolute Gasteiger partial charge is 0.310 e. The van der Waals surface area contributed by atoms with Gasteiger partial charge >= 0.3 is 0 Å². The van der Waals surface area contributed by atoms with E-state index in [4.69, 9.17) is 0 Å². The highest BCUT2D eigenvalue weighted by atomic mass is 127. The van der Waals surface area contributed by atoms with Crippen LogP contribution in [0.1, 0.15) is 0 Å². The first-order chi connectivity index (χ1) is 14.8. The summed E-state index contributed by atoms with van der Waals surface area (Å²) in [6, 6.07) is 43.2. The average Bonchev–Trinajstić information content (AvgIpc) is 2.81. The molecule has 5 aromatic carbocycles. The normalized spacial score (nSPS) is 10.8. The van der Waals surface area contributed by atoms with Gasteiger partial charge in [-0.3, -0.25) is 0 Å². The van der Waals surface area contributed by atoms with Crippen LogP contribution in [-0.2, 0) is 0 Å². The highest BCUT2D eigenvalue weighted by molar-refractivity contribution is 14.1. The van der Waals surface area contributed by atoms with E-state index in [1.807, 2.05) is 0 Å². The lowest BCUT2D eigenvalue weighted by molar-refractivity contribution is 1.29. The average molecular weight is 497 g/mol. The van der Waals surface area contributed by atoms with Crippen molar-refractivity contribution in [2.24, 2.45) is 0 Å². The van der Waals surface area contributed by atoms with Crippen LogP contribution in [0.2, 0.25) is 0 Å². The quantitative estimate of drug-likeness (QED) is 0.225. The molecule has 0 atom stereocenters. The Balaban J connectivity index is 1.59. The van der Waals surface area contributed by atoms with Crippen molar-refractivity contribution in [1.82, 2.24) is 0 Å². The van der Waals surface area contributed by atoms with Gasteiger partial charge in [0.15, 0.2) is 0 Å². The Kier molecular flexibility index (Phi) is 5.24. The minimum Gasteiger partial charge on any atom is -0.310 e. The lowest BCUT2D eigenvalue weighted by Gasteiger charge is -2.26. The third-order valence-electron chi connectivity index (χ3n) is 5.31. The Morgan fingerprint density at radius 2 is 0.967 bits per heavy atom. The number of halogens is 1. The van der Waals surface area contributed by atoms with E-state index in [0.717, 1.165) is 17.1 Å². The molecule has 0 fully saturated rings. The second kappa shape index (κ2) is 8.33. The molecule has 30 heavy (non-hydrogen) atoms. The van der Waals surface area contributed by atoms with Crippen LogP contribution in [-0.4, -0.2) is 0 Å². The van der Waals surface area contributed by atoms with Crippen molar-refractivity contribution in [2.45, 2.75) is 0 Å². The predicted octanol–water partition coefficient (Wildman–Crippen LogP) is 8.58. The smallest absolute Gasteiger partial charge is 0.0468 e. The van der Waals surface area contributed by atoms with E-state index in [0.29, 0.717) is 0 Å². The highest BCUT2D eigenvalue weighted by Crippen LogP contribution is 2.36. The van der Waals surface area contributed by atoms with Crippen LogP contribution in [0, 0.1) is 3.57 Å². The van der Waals surface area contributed by atoms with Crippen LogP contribution in [0.15, 0.2) is 121 Å². The van der Waals surface area contributed by atoms with Gasteiger partial charge in [-0.25, -0.2) is 0 Å². The van der Waals surface area contributed by atoms with Gasteiger partial charge in [0, 0.05) is 20.6 Å². The van der Waals surface area contributed by atoms with Crippen LogP contribution in [0.25, 0.3) is 21.9 Å². The number of hydrogen-bond acceptors (Lipinski definition) is 1. The Morgan fingerprint density at radius 1 is 0.433 bits per heavy atom. The summed E-state index contributed by atoms with van der Waals surface area (Å²) >= 11 is 2.34. The standard InChI is InChI=1S/C28H20IN/c29-25-15-10-22(11-16-25)23-12-17-27(18-13-23)30(26-8-2-1-3-9-26)28-19-14-21-6-4-5-7-24(21)20-28/h1-20H. The number of para-hydroxylation sites is 1. The summed E-state index contributed by atoms with van der Waals surface area (Å²) in [5.74, 6) is 0. The lowest BCUT2D eigenvalue weighted by atomic mass is 10.0. The van der Waals surface area contributed by atoms with Gasteiger partial charge in [0.1, 0.15) is 0 Å². The molecular weight excluding hydrogens is 477 g/mol. The molecule has 1 nitrogen and oxygen atoms in total. The van der Waals surface area contributed by atoms with Crippen LogP contribution >= 0.6 is 22.6 Å². The van der Waals surface area contributed by atoms with E-state index in [1.165, 1.54) is 25.5 Å². The maximum Gasteiger partial charge on any atom is 0.0468 e. The first-order valence-corrected chi connectivity index (χ1v) is 11.1. The molecular formula is C28H20IN. The SMILES string of the molecule is Ic1ccc(-c2ccc(N(c3ccccc3)c3ccc4ccccc4c3)cc2)cc1. The number of nitrogens with zero attached hydrogens (tertiary/aromatic N) is 1. The van der Waals surface area contributed by atoms with Crippen LogP contribution in [0.5, 0.6) is 0 Å². The number of anilines is 3. The molecule has 0 radical (unpaired) electrons. The Morgan fingerprint density at radius 3 is 1.67 bits per heavy atom. The maximum atomic E-state index is 2.34. The second-order valence-electron chi connectivity index (χ2n) is 7.26. The Hall–Kier alpha value is -3.11. The summed E-state index contributed by atoms with van der Waals surface area (Å²) in [5, 5.41) is 2.50. The molecule has 0 N–H and O–H groups in total. The van der Waals surface area contributed by atoms with Crippen molar-refractivity contribution >= 4 is 50.4 Å². The number of rotatable bonds is 4. The number of benzene rings is 5. The van der Waals surface area contributed by atoms with Crippen molar-refractivity contribution in [1.29, 1.82) is 0 Å². The van der Waals surface area contributed by atoms with E-state index in [1.54, 1.807) is 0 Å². The van der Waals surface area contributed by atoms with Gasteiger partial charge in [-0.05, 0) is 93.0 Å². The minimum atomic E-state index is 1.14. The Bertz CT molecular complexity index is 1280. The van der Waals surface area contributed by atoms with Gasteiger partial charge in [0.25, 0.3) is 0 Å². The molecule has 0 heterocycles. The van der Waals surface area contributed by atoms with E-state index in [9.17, 15) is 0 Å². The van der Waals surface area contributed by atoms with E-state index < -0.39 is 0 Å². The summed E-state index contributed by atoms with van der Waals surface area (Å²) in [6.45, 7) is 0. The monoisotopic (exact) mass is 497 g/mol. The molecule has 0 bridgehead atoms. The summed E-state index contributed by atoms with van der Waals surface area (Å²) in [5.41, 5.74) is 5.91. The lowest BCUT2D eigenvalue weighted by Crippen LogP contribution is -2.09. The van der Waals surface area contributed by atoms with Gasteiger partial charge in [0.05, 0.1) is 0 Å². The molecule has 0 saturated carbocycles. The third kappa shape index (κ3) is 3.83. The fourth-order valence-electron chi connectivity index (χ4n) is 3.79. The fraction of sp³-hybridized carbons (Fsp3) is 0. The van der Waals surface area contributed by atoms with E-state index in [2.05, 4.69) is 149 Å². The summed E-state index contributed by atoms with van der Waals surface area (Å²) < 4.78 is 1.25. The molecule has 0 aliphatic carbocycles. The molecule has 0 aliphatic rings. The van der Waals surface area contributed by atoms with Gasteiger partial charge < -0.3 is 4.90 Å². The van der Waals surface area contributed by atoms with E-state index >= 15 is 0 Å². The van der Waals surface area contributed by atoms with Gasteiger partial charge in [-0.15, -0.1) is 0 Å². The predicted molar refractivity (Wildman–Crippen MR) is 137 cm³/mol. The molecule has 5 rings (SSSR count). The number of fused-ring (bicyclic) bond motifs is 1. The van der Waals surface area contributed by atoms with E-state index in [-0.39, 0.29) is 0 Å². The summed E-state index contributed by atoms with van der Waals surface area (Å²) in [4.78, 5) is 2.31. The molecule has 0 aliphatic heterocycles. The molecule has 2 heteroatoms. The second-order valence-corrected chi connectivity index (χ2v) is 8.50. The fourth-order valence-corrected chi connectivity index (χ4v) is 4.14. The summed E-state index contributed by atoms with van der Waals surface area (Å²) in [7, 11) is 0. The molecule has 5 aromatic rings. The highest BCUT2D eigenvalue weighted by Gasteiger charge is 2.13. The van der Waals surface area contributed by atoms with Crippen molar-refractivity contribution in [2.75, 3.05) is 4.90 Å². The number of hydrogen-bond donors (Lipinski definition) is 0. The van der Waals surface area contributed by atoms with Crippen molar-refractivity contribution < 1.29 is 0 Å². The minimum absolute atomic E-state index is 1.14. The van der Waals surface area contributed by atoms with Crippen LogP contribution in [0.4, 0.5) is 17.1 Å². The first-order valence-electron chi connectivity index (χ1n) is 9.98. The van der Waals surface area contributed by atoms with Gasteiger partial charge in [0.2, 0.25) is 0 Å². The Labute approximate surface area is 190 Å². The molecule has 0 amide bonds. The molecule has 0 unspecified atom stereocenters. The molecule has 0 saturated heterocycles. The van der Waals surface area contributed by atoms with Crippen molar-refractivity contribution in [3.8, 4) is 11.1 Å². The van der Waals surface area contributed by atoms with Gasteiger partial charge in [-0.1, -0.05) is 72.8 Å². The van der Waals surface area contributed by atoms with Crippen LogP contribution in [0.3, 0.4) is 0 Å². The zero-order chi connectivity index (χ0) is 20.3. The first kappa shape index (κ1) is 18.9. The maximum absolute atomic E-state index is 2.34. The van der Waals surface area contributed by atoms with Gasteiger partial charge in [-0.2, -0.15) is 0 Å². The zero-order valence-electron chi connectivity index (χ0n) is 16.4. The van der Waals surface area contributed by atoms with Crippen LogP contribution < -0.4 is 4.90 Å². The topological polar surface area (TPSA) is 3.24 Å². The third-order valence-corrected chi connectivity index (χ3v) is 6.03. The van der Waals surface area contributed by atoms with Crippen molar-refractivity contribution in [3.05, 3.63) is 125 Å². The zero-order valence-corrected chi connectivity index (χ0v) is 18.5. The summed E-state index contributed by atoms with van der Waals surface area (Å²) in [6.07, 6.45) is 0. The van der Waals surface area contributed by atoms with Crippen molar-refractivity contribution in [3.63, 3.8) is 0 Å². The molecule has 0 spiro atoms.